The summed E-state index contributed by atoms with van der Waals surface area (Å²) in [7, 11) is -2.98. The molecule has 1 aliphatic rings. The van der Waals surface area contributed by atoms with Crippen LogP contribution in [0.5, 0.6) is 0 Å². The highest BCUT2D eigenvalue weighted by Gasteiger charge is 2.30. The van der Waals surface area contributed by atoms with E-state index < -0.39 is 45.4 Å². The average Bonchev–Trinajstić information content (AvgIpc) is 2.92. The van der Waals surface area contributed by atoms with Gasteiger partial charge in [-0.2, -0.15) is 18.2 Å². The van der Waals surface area contributed by atoms with E-state index in [0.29, 0.717) is 22.4 Å². The largest absolute Gasteiger partial charge is 0.390 e. The predicted octanol–water partition coefficient (Wildman–Crippen LogP) is 4.15. The normalized spacial score (nSPS) is 16.4. The van der Waals surface area contributed by atoms with Crippen LogP contribution in [0.15, 0.2) is 47.4 Å². The summed E-state index contributed by atoms with van der Waals surface area (Å²) >= 11 is 0. The van der Waals surface area contributed by atoms with Crippen LogP contribution in [0.1, 0.15) is 19.3 Å². The Labute approximate surface area is 226 Å². The first-order valence-corrected chi connectivity index (χ1v) is 14.2. The molecule has 3 N–H and O–H groups in total. The molecular weight excluding hydrogens is 552 g/mol. The Hall–Kier alpha value is -3.78. The number of anilines is 2. The van der Waals surface area contributed by atoms with Gasteiger partial charge in [-0.05, 0) is 42.5 Å². The Balaban J connectivity index is 1.56. The quantitative estimate of drug-likeness (QED) is 0.282. The van der Waals surface area contributed by atoms with Crippen LogP contribution in [0.2, 0.25) is 0 Å². The predicted molar refractivity (Wildman–Crippen MR) is 145 cm³/mol. The van der Waals surface area contributed by atoms with E-state index in [0.717, 1.165) is 32.0 Å². The molecule has 5 rings (SSSR count). The standard InChI is InChI=1S/C26H26F4N6O3S/c1-36-23-15(13-32-25(34-23)33-16-5-4-9-31-14-16)11-20(24(36)37)19-12-21(27)22(18-7-3-2-6-17(18)19)35-40(38,39)10-8-26(28,29)30/h2-3,6-7,11-13,16,31,35H,4-5,8-10,14H2,1H3,(H,32,33,34)/t16-/m0/s1. The topological polar surface area (TPSA) is 118 Å². The van der Waals surface area contributed by atoms with Crippen molar-refractivity contribution in [1.29, 1.82) is 0 Å². The van der Waals surface area contributed by atoms with Crippen molar-refractivity contribution in [2.24, 2.45) is 7.05 Å². The number of rotatable bonds is 7. The Morgan fingerprint density at radius 2 is 1.90 bits per heavy atom. The van der Waals surface area contributed by atoms with Gasteiger partial charge in [-0.1, -0.05) is 24.3 Å². The van der Waals surface area contributed by atoms with Crippen LogP contribution in [0, 0.1) is 5.82 Å². The number of aryl methyl sites for hydroxylation is 1. The maximum absolute atomic E-state index is 15.4. The zero-order chi connectivity index (χ0) is 28.7. The zero-order valence-corrected chi connectivity index (χ0v) is 22.2. The highest BCUT2D eigenvalue weighted by Crippen LogP contribution is 2.36. The minimum Gasteiger partial charge on any atom is -0.350 e. The zero-order valence-electron chi connectivity index (χ0n) is 21.3. The third-order valence-corrected chi connectivity index (χ3v) is 8.03. The molecule has 9 nitrogen and oxygen atoms in total. The van der Waals surface area contributed by atoms with Gasteiger partial charge in [0.15, 0.2) is 0 Å². The van der Waals surface area contributed by atoms with Gasteiger partial charge in [0.05, 0.1) is 17.9 Å². The number of nitrogens with one attached hydrogen (secondary N) is 3. The fourth-order valence-corrected chi connectivity index (χ4v) is 5.91. The molecule has 1 saturated heterocycles. The summed E-state index contributed by atoms with van der Waals surface area (Å²) in [5.41, 5.74) is -0.287. The summed E-state index contributed by atoms with van der Waals surface area (Å²) in [5.74, 6) is -1.92. The van der Waals surface area contributed by atoms with E-state index in [1.54, 1.807) is 18.3 Å². The van der Waals surface area contributed by atoms with Crippen LogP contribution in [-0.2, 0) is 17.1 Å². The van der Waals surface area contributed by atoms with E-state index in [1.807, 2.05) is 4.72 Å². The molecule has 3 heterocycles. The lowest BCUT2D eigenvalue weighted by Crippen LogP contribution is -2.38. The lowest BCUT2D eigenvalue weighted by molar-refractivity contribution is -0.129. The third-order valence-electron chi connectivity index (χ3n) is 6.78. The number of pyridine rings is 1. The number of sulfonamides is 1. The average molecular weight is 579 g/mol. The second kappa shape index (κ2) is 10.7. The molecule has 1 atom stereocenters. The van der Waals surface area contributed by atoms with Gasteiger partial charge in [0.25, 0.3) is 5.56 Å². The van der Waals surface area contributed by atoms with E-state index in [-0.39, 0.29) is 22.6 Å². The van der Waals surface area contributed by atoms with Gasteiger partial charge in [0.2, 0.25) is 16.0 Å². The van der Waals surface area contributed by atoms with Crippen LogP contribution >= 0.6 is 0 Å². The smallest absolute Gasteiger partial charge is 0.350 e. The van der Waals surface area contributed by atoms with Crippen molar-refractivity contribution in [2.75, 3.05) is 28.9 Å². The number of aromatic nitrogens is 3. The molecule has 212 valence electrons. The van der Waals surface area contributed by atoms with E-state index in [4.69, 9.17) is 0 Å². The number of hydrogen-bond donors (Lipinski definition) is 3. The third kappa shape index (κ3) is 5.87. The molecule has 0 amide bonds. The summed E-state index contributed by atoms with van der Waals surface area (Å²) in [6.07, 6.45) is -2.73. The Morgan fingerprint density at radius 1 is 1.15 bits per heavy atom. The van der Waals surface area contributed by atoms with E-state index in [1.165, 1.54) is 29.8 Å². The number of halogens is 4. The highest BCUT2D eigenvalue weighted by atomic mass is 32.2. The fraction of sp³-hybridized carbons (Fsp3) is 0.346. The molecular formula is C26H26F4N6O3S. The lowest BCUT2D eigenvalue weighted by Gasteiger charge is -2.23. The van der Waals surface area contributed by atoms with Crippen molar-refractivity contribution in [2.45, 2.75) is 31.5 Å². The van der Waals surface area contributed by atoms with Crippen LogP contribution < -0.4 is 20.9 Å². The molecule has 2 aromatic carbocycles. The van der Waals surface area contributed by atoms with Gasteiger partial charge >= 0.3 is 6.18 Å². The van der Waals surface area contributed by atoms with Crippen molar-refractivity contribution < 1.29 is 26.0 Å². The lowest BCUT2D eigenvalue weighted by atomic mass is 9.97. The Bertz CT molecular complexity index is 1750. The number of nitrogens with zero attached hydrogens (tertiary/aromatic N) is 3. The number of piperidine rings is 1. The van der Waals surface area contributed by atoms with Crippen molar-refractivity contribution in [3.8, 4) is 11.1 Å². The molecule has 4 aromatic rings. The molecule has 0 unspecified atom stereocenters. The second-order valence-corrected chi connectivity index (χ2v) is 11.5. The monoisotopic (exact) mass is 578 g/mol. The molecule has 40 heavy (non-hydrogen) atoms. The van der Waals surface area contributed by atoms with E-state index in [2.05, 4.69) is 20.6 Å². The molecule has 0 aliphatic carbocycles. The van der Waals surface area contributed by atoms with Crippen molar-refractivity contribution in [1.82, 2.24) is 19.9 Å². The number of hydrogen-bond acceptors (Lipinski definition) is 7. The molecule has 1 fully saturated rings. The van der Waals surface area contributed by atoms with E-state index in [9.17, 15) is 26.4 Å². The molecule has 14 heteroatoms. The number of benzene rings is 2. The maximum atomic E-state index is 15.4. The minimum absolute atomic E-state index is 0.0899. The summed E-state index contributed by atoms with van der Waals surface area (Å²) in [6, 6.07) is 8.85. The SMILES string of the molecule is Cn1c(=O)c(-c2cc(F)c(NS(=O)(=O)CCC(F)(F)F)c3ccccc23)cc2cnc(N[C@H]3CCCNC3)nc21. The van der Waals surface area contributed by atoms with Crippen LogP contribution in [0.3, 0.4) is 0 Å². The fourth-order valence-electron chi connectivity index (χ4n) is 4.79. The number of alkyl halides is 3. The van der Waals surface area contributed by atoms with Crippen molar-refractivity contribution >= 4 is 43.5 Å². The van der Waals surface area contributed by atoms with Gasteiger partial charge < -0.3 is 10.6 Å². The van der Waals surface area contributed by atoms with E-state index >= 15 is 4.39 Å². The van der Waals surface area contributed by atoms with Gasteiger partial charge in [-0.15, -0.1) is 0 Å². The van der Waals surface area contributed by atoms with Crippen LogP contribution in [-0.4, -0.2) is 54.0 Å². The number of fused-ring (bicyclic) bond motifs is 2. The molecule has 0 spiro atoms. The summed E-state index contributed by atoms with van der Waals surface area (Å²) in [6.45, 7) is 1.72. The highest BCUT2D eigenvalue weighted by molar-refractivity contribution is 7.92. The molecule has 0 bridgehead atoms. The Kier molecular flexibility index (Phi) is 7.40. The first-order valence-electron chi connectivity index (χ1n) is 12.5. The van der Waals surface area contributed by atoms with Crippen molar-refractivity contribution in [3.05, 3.63) is 58.8 Å². The minimum atomic E-state index is -4.69. The van der Waals surface area contributed by atoms with Crippen LogP contribution in [0.4, 0.5) is 29.2 Å². The maximum Gasteiger partial charge on any atom is 0.390 e. The summed E-state index contributed by atoms with van der Waals surface area (Å²) in [4.78, 5) is 22.4. The van der Waals surface area contributed by atoms with Gasteiger partial charge in [0, 0.05) is 42.2 Å². The molecule has 2 aromatic heterocycles. The van der Waals surface area contributed by atoms with Crippen LogP contribution in [0.25, 0.3) is 32.9 Å². The Morgan fingerprint density at radius 3 is 2.60 bits per heavy atom. The summed E-state index contributed by atoms with van der Waals surface area (Å²) < 4.78 is 81.2. The van der Waals surface area contributed by atoms with Gasteiger partial charge in [-0.25, -0.2) is 17.8 Å². The molecule has 1 aliphatic heterocycles. The summed E-state index contributed by atoms with van der Waals surface area (Å²) in [5, 5.41) is 7.51. The second-order valence-electron chi connectivity index (χ2n) is 9.69. The van der Waals surface area contributed by atoms with Crippen molar-refractivity contribution in [3.63, 3.8) is 0 Å². The van der Waals surface area contributed by atoms with Gasteiger partial charge in [-0.3, -0.25) is 14.1 Å². The first kappa shape index (κ1) is 27.8. The first-order chi connectivity index (χ1) is 18.9. The van der Waals surface area contributed by atoms with Gasteiger partial charge in [0.1, 0.15) is 11.5 Å². The molecule has 0 radical (unpaired) electrons. The molecule has 0 saturated carbocycles.